The molecule has 1 aromatic rings. The summed E-state index contributed by atoms with van der Waals surface area (Å²) in [5, 5.41) is 17.0. The Balaban J connectivity index is 1.55. The van der Waals surface area contributed by atoms with Gasteiger partial charge in [0.25, 0.3) is 0 Å². The van der Waals surface area contributed by atoms with Crippen molar-refractivity contribution in [2.45, 2.75) is 68.5 Å². The Morgan fingerprint density at radius 2 is 1.76 bits per heavy atom. The number of aliphatic carboxylic acids is 1. The summed E-state index contributed by atoms with van der Waals surface area (Å²) < 4.78 is 27.1. The number of likely N-dealkylation sites (tertiary alicyclic amines) is 1. The van der Waals surface area contributed by atoms with Crippen molar-refractivity contribution in [1.82, 2.24) is 25.2 Å². The van der Waals surface area contributed by atoms with Crippen LogP contribution in [0.15, 0.2) is 35.2 Å². The van der Waals surface area contributed by atoms with E-state index >= 15 is 0 Å². The van der Waals surface area contributed by atoms with Gasteiger partial charge in [-0.15, -0.1) is 0 Å². The molecule has 38 heavy (non-hydrogen) atoms. The molecule has 0 spiro atoms. The Labute approximate surface area is 223 Å². The minimum atomic E-state index is -3.73. The van der Waals surface area contributed by atoms with Crippen molar-refractivity contribution in [3.05, 3.63) is 30.3 Å². The Bertz CT molecular complexity index is 1110. The van der Waals surface area contributed by atoms with Crippen LogP contribution in [0.4, 0.5) is 4.79 Å². The van der Waals surface area contributed by atoms with Crippen LogP contribution in [0.2, 0.25) is 0 Å². The molecule has 13 heteroatoms. The number of urea groups is 1. The molecule has 2 aliphatic rings. The summed E-state index contributed by atoms with van der Waals surface area (Å²) in [6.07, 6.45) is 3.94. The van der Waals surface area contributed by atoms with Crippen molar-refractivity contribution in [1.29, 1.82) is 0 Å². The van der Waals surface area contributed by atoms with Gasteiger partial charge in [-0.1, -0.05) is 31.5 Å². The van der Waals surface area contributed by atoms with Gasteiger partial charge in [0.2, 0.25) is 21.8 Å². The number of carboxylic acid groups (broad SMARTS) is 1. The first-order valence-corrected chi connectivity index (χ1v) is 14.4. The van der Waals surface area contributed by atoms with E-state index in [1.165, 1.54) is 28.4 Å². The zero-order chi connectivity index (χ0) is 27.9. The van der Waals surface area contributed by atoms with Crippen molar-refractivity contribution >= 4 is 33.8 Å². The maximum absolute atomic E-state index is 12.9. The molecule has 0 bridgehead atoms. The molecular formula is C25H37N5O7S. The van der Waals surface area contributed by atoms with Gasteiger partial charge in [0.05, 0.1) is 11.4 Å². The SMILES string of the molecule is CC[C@H](NC(=O)[C@@H]1CCCN1C(=O)CNC(=O)NC(CN(C)S(=O)(=O)c1ccccc1)C1CCC1)C(=O)O. The lowest BCUT2D eigenvalue weighted by Gasteiger charge is -2.36. The van der Waals surface area contributed by atoms with Gasteiger partial charge in [0.15, 0.2) is 0 Å². The van der Waals surface area contributed by atoms with E-state index in [0.717, 1.165) is 19.3 Å². The summed E-state index contributed by atoms with van der Waals surface area (Å²) in [4.78, 5) is 50.9. The van der Waals surface area contributed by atoms with Crippen LogP contribution in [0.1, 0.15) is 45.4 Å². The monoisotopic (exact) mass is 551 g/mol. The van der Waals surface area contributed by atoms with Crippen molar-refractivity contribution in [3.8, 4) is 0 Å². The second-order valence-electron chi connectivity index (χ2n) is 9.78. The highest BCUT2D eigenvalue weighted by molar-refractivity contribution is 7.89. The fourth-order valence-electron chi connectivity index (χ4n) is 4.72. The highest BCUT2D eigenvalue weighted by Crippen LogP contribution is 2.30. The zero-order valence-corrected chi connectivity index (χ0v) is 22.6. The zero-order valence-electron chi connectivity index (χ0n) is 21.8. The number of hydrogen-bond donors (Lipinski definition) is 4. The van der Waals surface area contributed by atoms with Crippen LogP contribution < -0.4 is 16.0 Å². The van der Waals surface area contributed by atoms with Gasteiger partial charge in [0.1, 0.15) is 12.1 Å². The number of nitrogens with one attached hydrogen (secondary N) is 3. The predicted octanol–water partition coefficient (Wildman–Crippen LogP) is 0.745. The molecular weight excluding hydrogens is 514 g/mol. The highest BCUT2D eigenvalue weighted by atomic mass is 32.2. The molecule has 1 heterocycles. The molecule has 1 saturated heterocycles. The highest BCUT2D eigenvalue weighted by Gasteiger charge is 2.36. The summed E-state index contributed by atoms with van der Waals surface area (Å²) in [5.41, 5.74) is 0. The van der Waals surface area contributed by atoms with Crippen LogP contribution in [0, 0.1) is 5.92 Å². The summed E-state index contributed by atoms with van der Waals surface area (Å²) in [6.45, 7) is 1.71. The smallest absolute Gasteiger partial charge is 0.326 e. The van der Waals surface area contributed by atoms with Crippen molar-refractivity contribution in [2.24, 2.45) is 5.92 Å². The van der Waals surface area contributed by atoms with Crippen LogP contribution in [0.25, 0.3) is 0 Å². The number of benzene rings is 1. The lowest BCUT2D eigenvalue weighted by atomic mass is 9.79. The fraction of sp³-hybridized carbons (Fsp3) is 0.600. The maximum Gasteiger partial charge on any atom is 0.326 e. The molecule has 2 fully saturated rings. The molecule has 1 saturated carbocycles. The molecule has 3 atom stereocenters. The topological polar surface area (TPSA) is 165 Å². The van der Waals surface area contributed by atoms with Crippen LogP contribution in [-0.2, 0) is 24.4 Å². The van der Waals surface area contributed by atoms with Crippen molar-refractivity contribution in [3.63, 3.8) is 0 Å². The van der Waals surface area contributed by atoms with E-state index in [1.807, 2.05) is 0 Å². The number of rotatable bonds is 12. The van der Waals surface area contributed by atoms with Gasteiger partial charge < -0.3 is 26.0 Å². The molecule has 4 amide bonds. The number of nitrogens with zero attached hydrogens (tertiary/aromatic N) is 2. The number of hydrogen-bond acceptors (Lipinski definition) is 6. The Morgan fingerprint density at radius 1 is 1.08 bits per heavy atom. The van der Waals surface area contributed by atoms with Crippen molar-refractivity contribution in [2.75, 3.05) is 26.7 Å². The fourth-order valence-corrected chi connectivity index (χ4v) is 5.94. The first-order chi connectivity index (χ1) is 18.0. The minimum absolute atomic E-state index is 0.0831. The van der Waals surface area contributed by atoms with Gasteiger partial charge in [0, 0.05) is 26.2 Å². The van der Waals surface area contributed by atoms with E-state index in [4.69, 9.17) is 0 Å². The first-order valence-electron chi connectivity index (χ1n) is 12.9. The largest absolute Gasteiger partial charge is 0.480 e. The molecule has 12 nitrogen and oxygen atoms in total. The lowest BCUT2D eigenvalue weighted by molar-refractivity contribution is -0.143. The van der Waals surface area contributed by atoms with E-state index in [0.29, 0.717) is 19.4 Å². The van der Waals surface area contributed by atoms with Crippen LogP contribution >= 0.6 is 0 Å². The number of carbonyl (C=O) groups is 4. The second kappa shape index (κ2) is 13.1. The van der Waals surface area contributed by atoms with Crippen molar-refractivity contribution < 1.29 is 32.7 Å². The first kappa shape index (κ1) is 29.4. The van der Waals surface area contributed by atoms with Gasteiger partial charge >= 0.3 is 12.0 Å². The minimum Gasteiger partial charge on any atom is -0.480 e. The predicted molar refractivity (Wildman–Crippen MR) is 139 cm³/mol. The normalized spacial score (nSPS) is 19.3. The molecule has 0 aromatic heterocycles. The van der Waals surface area contributed by atoms with Crippen LogP contribution in [0.3, 0.4) is 0 Å². The third-order valence-electron chi connectivity index (χ3n) is 7.24. The van der Waals surface area contributed by atoms with Gasteiger partial charge in [-0.2, -0.15) is 4.31 Å². The second-order valence-corrected chi connectivity index (χ2v) is 11.8. The Morgan fingerprint density at radius 3 is 2.34 bits per heavy atom. The van der Waals surface area contributed by atoms with E-state index in [9.17, 15) is 32.7 Å². The number of carboxylic acids is 1. The Kier molecular flexibility index (Phi) is 10.1. The number of amides is 4. The molecule has 0 radical (unpaired) electrons. The average Bonchev–Trinajstić information content (AvgIpc) is 3.35. The summed E-state index contributed by atoms with van der Waals surface area (Å²) >= 11 is 0. The average molecular weight is 552 g/mol. The van der Waals surface area contributed by atoms with Gasteiger partial charge in [-0.25, -0.2) is 18.0 Å². The quantitative estimate of drug-likeness (QED) is 0.297. The third kappa shape index (κ3) is 7.22. The molecule has 1 unspecified atom stereocenters. The van der Waals surface area contributed by atoms with Gasteiger partial charge in [-0.05, 0) is 50.2 Å². The van der Waals surface area contributed by atoms with Crippen LogP contribution in [0.5, 0.6) is 0 Å². The molecule has 1 aromatic carbocycles. The summed E-state index contributed by atoms with van der Waals surface area (Å²) in [6, 6.07) is 5.21. The third-order valence-corrected chi connectivity index (χ3v) is 9.08. The number of sulfonamides is 1. The molecule has 1 aliphatic carbocycles. The molecule has 210 valence electrons. The van der Waals surface area contributed by atoms with E-state index < -0.39 is 52.0 Å². The number of likely N-dealkylation sites (N-methyl/N-ethyl adjacent to an activating group) is 1. The van der Waals surface area contributed by atoms with E-state index in [1.54, 1.807) is 25.1 Å². The maximum atomic E-state index is 12.9. The molecule has 4 N–H and O–H groups in total. The summed E-state index contributed by atoms with van der Waals surface area (Å²) in [5.74, 6) is -2.00. The van der Waals surface area contributed by atoms with Crippen LogP contribution in [-0.4, -0.2) is 91.4 Å². The lowest BCUT2D eigenvalue weighted by Crippen LogP contribution is -2.55. The Hall–Kier alpha value is -3.19. The van der Waals surface area contributed by atoms with E-state index in [-0.39, 0.29) is 30.3 Å². The van der Waals surface area contributed by atoms with E-state index in [2.05, 4.69) is 16.0 Å². The number of carbonyl (C=O) groups excluding carboxylic acids is 3. The summed E-state index contributed by atoms with van der Waals surface area (Å²) in [7, 11) is -2.25. The molecule has 3 rings (SSSR count). The molecule has 1 aliphatic heterocycles. The van der Waals surface area contributed by atoms with Gasteiger partial charge in [-0.3, -0.25) is 9.59 Å². The standard InChI is InChI=1S/C25H37N5O7S/c1-3-19(24(33)34)27-23(32)21-13-8-14-30(21)22(31)15-26-25(35)28-20(17-9-7-10-17)16-29(2)38(36,37)18-11-5-4-6-12-18/h4-6,11-12,17,19-21H,3,7-10,13-16H2,1-2H3,(H,27,32)(H,33,34)(H2,26,28,35)/t19-,20?,21-/m0/s1.